The van der Waals surface area contributed by atoms with Gasteiger partial charge in [0.2, 0.25) is 0 Å². The molecule has 1 aliphatic carbocycles. The molecule has 0 saturated carbocycles. The van der Waals surface area contributed by atoms with Crippen LogP contribution in [-0.4, -0.2) is 14.9 Å². The number of aliphatic hydroxyl groups is 1. The molecule has 2 unspecified atom stereocenters. The second kappa shape index (κ2) is 4.41. The van der Waals surface area contributed by atoms with Crippen LogP contribution in [0.25, 0.3) is 0 Å². The summed E-state index contributed by atoms with van der Waals surface area (Å²) in [5.41, 5.74) is 3.28. The molecule has 94 valence electrons. The predicted molar refractivity (Wildman–Crippen MR) is 70.7 cm³/mol. The Kier molecular flexibility index (Phi) is 2.88. The van der Waals surface area contributed by atoms with Crippen LogP contribution in [0.3, 0.4) is 0 Å². The van der Waals surface area contributed by atoms with Gasteiger partial charge in [0, 0.05) is 13.0 Å². The number of nitrogens with zero attached hydrogens (tertiary/aromatic N) is 2. The minimum Gasteiger partial charge on any atom is -0.386 e. The number of halogens is 1. The molecule has 0 saturated heterocycles. The summed E-state index contributed by atoms with van der Waals surface area (Å²) in [6.45, 7) is 0. The maximum absolute atomic E-state index is 10.6. The Hall–Kier alpha value is -1.32. The first kappa shape index (κ1) is 11.8. The second-order valence-electron chi connectivity index (χ2n) is 4.79. The molecule has 2 atom stereocenters. The van der Waals surface area contributed by atoms with E-state index < -0.39 is 6.10 Å². The highest BCUT2D eigenvalue weighted by Gasteiger charge is 2.32. The smallest absolute Gasteiger partial charge is 0.104 e. The topological polar surface area (TPSA) is 38.0 Å². The lowest BCUT2D eigenvalue weighted by Gasteiger charge is -2.20. The van der Waals surface area contributed by atoms with E-state index in [-0.39, 0.29) is 5.92 Å². The molecule has 1 N–H and O–H groups in total. The van der Waals surface area contributed by atoms with Crippen molar-refractivity contribution < 1.29 is 5.11 Å². The van der Waals surface area contributed by atoms with Gasteiger partial charge in [0.15, 0.2) is 0 Å². The third-order valence-electron chi connectivity index (χ3n) is 3.78. The van der Waals surface area contributed by atoms with Crippen LogP contribution in [0.2, 0.25) is 5.02 Å². The summed E-state index contributed by atoms with van der Waals surface area (Å²) in [5.74, 6) is 0.120. The van der Waals surface area contributed by atoms with Crippen LogP contribution in [0.15, 0.2) is 30.5 Å². The van der Waals surface area contributed by atoms with Gasteiger partial charge < -0.3 is 5.11 Å². The van der Waals surface area contributed by atoms with E-state index in [0.717, 1.165) is 12.8 Å². The zero-order chi connectivity index (χ0) is 12.7. The number of aryl methyl sites for hydroxylation is 2. The molecule has 0 aliphatic heterocycles. The molecule has 0 amide bonds. The molecule has 3 rings (SSSR count). The monoisotopic (exact) mass is 262 g/mol. The molecular weight excluding hydrogens is 248 g/mol. The molecule has 0 bridgehead atoms. The van der Waals surface area contributed by atoms with Gasteiger partial charge in [0.25, 0.3) is 0 Å². The Morgan fingerprint density at radius 3 is 2.94 bits per heavy atom. The van der Waals surface area contributed by atoms with Crippen molar-refractivity contribution in [2.24, 2.45) is 7.05 Å². The minimum atomic E-state index is -0.589. The summed E-state index contributed by atoms with van der Waals surface area (Å²) < 4.78 is 1.66. The summed E-state index contributed by atoms with van der Waals surface area (Å²) in [4.78, 5) is 0. The number of rotatable bonds is 2. The average molecular weight is 263 g/mol. The van der Waals surface area contributed by atoms with Gasteiger partial charge in [-0.1, -0.05) is 35.9 Å². The van der Waals surface area contributed by atoms with Crippen molar-refractivity contribution in [1.82, 2.24) is 9.78 Å². The third kappa shape index (κ3) is 1.74. The molecule has 18 heavy (non-hydrogen) atoms. The summed E-state index contributed by atoms with van der Waals surface area (Å²) in [5, 5.41) is 15.2. The lowest BCUT2D eigenvalue weighted by atomic mass is 9.93. The molecule has 0 radical (unpaired) electrons. The van der Waals surface area contributed by atoms with E-state index in [2.05, 4.69) is 17.2 Å². The molecule has 4 heteroatoms. The van der Waals surface area contributed by atoms with Crippen LogP contribution in [0.4, 0.5) is 0 Å². The predicted octanol–water partition coefficient (Wildman–Crippen LogP) is 2.84. The quantitative estimate of drug-likeness (QED) is 0.904. The van der Waals surface area contributed by atoms with E-state index in [4.69, 9.17) is 11.6 Å². The first-order valence-electron chi connectivity index (χ1n) is 6.11. The summed E-state index contributed by atoms with van der Waals surface area (Å²) in [7, 11) is 1.81. The zero-order valence-electron chi connectivity index (χ0n) is 10.2. The molecule has 1 heterocycles. The number of aliphatic hydroxyl groups excluding tert-OH is 1. The van der Waals surface area contributed by atoms with E-state index in [1.165, 1.54) is 11.1 Å². The van der Waals surface area contributed by atoms with Crippen LogP contribution in [0.5, 0.6) is 0 Å². The van der Waals surface area contributed by atoms with Gasteiger partial charge in [-0.2, -0.15) is 5.10 Å². The van der Waals surface area contributed by atoms with Crippen molar-refractivity contribution in [3.05, 3.63) is 52.3 Å². The lowest BCUT2D eigenvalue weighted by molar-refractivity contribution is 0.136. The summed E-state index contributed by atoms with van der Waals surface area (Å²) >= 11 is 6.10. The van der Waals surface area contributed by atoms with Crippen LogP contribution < -0.4 is 0 Å². The zero-order valence-corrected chi connectivity index (χ0v) is 10.9. The van der Waals surface area contributed by atoms with Crippen LogP contribution in [-0.2, 0) is 13.5 Å². The standard InChI is InChI=1S/C14H15ClN2O/c1-17-13(12(15)8-16-17)14(18)11-7-6-9-4-2-3-5-10(9)11/h2-5,8,11,14,18H,6-7H2,1H3. The number of hydrogen-bond donors (Lipinski definition) is 1. The maximum Gasteiger partial charge on any atom is 0.104 e. The van der Waals surface area contributed by atoms with Crippen molar-refractivity contribution in [1.29, 1.82) is 0 Å². The van der Waals surface area contributed by atoms with Crippen molar-refractivity contribution in [2.75, 3.05) is 0 Å². The molecule has 3 nitrogen and oxygen atoms in total. The first-order chi connectivity index (χ1) is 8.68. The van der Waals surface area contributed by atoms with Crippen molar-refractivity contribution in [3.63, 3.8) is 0 Å². The van der Waals surface area contributed by atoms with E-state index in [1.807, 2.05) is 19.2 Å². The second-order valence-corrected chi connectivity index (χ2v) is 5.20. The van der Waals surface area contributed by atoms with E-state index >= 15 is 0 Å². The molecule has 1 aromatic heterocycles. The van der Waals surface area contributed by atoms with Crippen molar-refractivity contribution in [2.45, 2.75) is 24.9 Å². The molecule has 0 spiro atoms. The highest BCUT2D eigenvalue weighted by Crippen LogP contribution is 2.42. The minimum absolute atomic E-state index is 0.120. The fourth-order valence-corrected chi connectivity index (χ4v) is 3.14. The van der Waals surface area contributed by atoms with E-state index in [9.17, 15) is 5.11 Å². The van der Waals surface area contributed by atoms with E-state index in [0.29, 0.717) is 10.7 Å². The Balaban J connectivity index is 1.98. The lowest BCUT2D eigenvalue weighted by Crippen LogP contribution is -2.13. The molecule has 1 aromatic carbocycles. The number of fused-ring (bicyclic) bond motifs is 1. The summed E-state index contributed by atoms with van der Waals surface area (Å²) in [6, 6.07) is 8.30. The molecule has 2 aromatic rings. The fraction of sp³-hybridized carbons (Fsp3) is 0.357. The van der Waals surface area contributed by atoms with Crippen molar-refractivity contribution in [3.8, 4) is 0 Å². The Labute approximate surface area is 111 Å². The molecular formula is C14H15ClN2O. The normalized spacial score (nSPS) is 19.8. The van der Waals surface area contributed by atoms with Gasteiger partial charge in [-0.05, 0) is 24.0 Å². The largest absolute Gasteiger partial charge is 0.386 e. The number of aromatic nitrogens is 2. The van der Waals surface area contributed by atoms with Crippen LogP contribution in [0.1, 0.15) is 35.3 Å². The van der Waals surface area contributed by atoms with Gasteiger partial charge in [0.1, 0.15) is 6.10 Å². The molecule has 0 fully saturated rings. The van der Waals surface area contributed by atoms with Gasteiger partial charge in [0.05, 0.1) is 16.9 Å². The highest BCUT2D eigenvalue weighted by molar-refractivity contribution is 6.31. The molecule has 1 aliphatic rings. The Morgan fingerprint density at radius 2 is 2.22 bits per heavy atom. The van der Waals surface area contributed by atoms with Crippen LogP contribution >= 0.6 is 11.6 Å². The highest BCUT2D eigenvalue weighted by atomic mass is 35.5. The van der Waals surface area contributed by atoms with Crippen LogP contribution in [0, 0.1) is 0 Å². The van der Waals surface area contributed by atoms with Gasteiger partial charge in [-0.15, -0.1) is 0 Å². The number of benzene rings is 1. The average Bonchev–Trinajstić information content (AvgIpc) is 2.93. The fourth-order valence-electron chi connectivity index (χ4n) is 2.86. The van der Waals surface area contributed by atoms with Crippen molar-refractivity contribution >= 4 is 11.6 Å². The van der Waals surface area contributed by atoms with Gasteiger partial charge in [-0.3, -0.25) is 4.68 Å². The SMILES string of the molecule is Cn1ncc(Cl)c1C(O)C1CCc2ccccc21. The van der Waals surface area contributed by atoms with E-state index in [1.54, 1.807) is 10.9 Å². The number of hydrogen-bond acceptors (Lipinski definition) is 2. The Morgan fingerprint density at radius 1 is 1.44 bits per heavy atom. The van der Waals surface area contributed by atoms with Gasteiger partial charge >= 0.3 is 0 Å². The Bertz CT molecular complexity index is 559. The summed E-state index contributed by atoms with van der Waals surface area (Å²) in [6.07, 6.45) is 2.98. The maximum atomic E-state index is 10.6. The van der Waals surface area contributed by atoms with Gasteiger partial charge in [-0.25, -0.2) is 0 Å². The third-order valence-corrected chi connectivity index (χ3v) is 4.07. The first-order valence-corrected chi connectivity index (χ1v) is 6.49.